The van der Waals surface area contributed by atoms with Crippen LogP contribution in [0.3, 0.4) is 0 Å². The number of methoxy groups -OCH3 is 2. The summed E-state index contributed by atoms with van der Waals surface area (Å²) in [6.45, 7) is 6.91. The predicted octanol–water partition coefficient (Wildman–Crippen LogP) is 3.65. The van der Waals surface area contributed by atoms with Crippen LogP contribution in [0.25, 0.3) is 0 Å². The molecule has 2 aliphatic carbocycles. The molecule has 2 aliphatic heterocycles. The highest BCUT2D eigenvalue weighted by Crippen LogP contribution is 2.32. The van der Waals surface area contributed by atoms with Gasteiger partial charge in [0.1, 0.15) is 12.2 Å². The molecule has 4 bridgehead atoms. The molecule has 40 heavy (non-hydrogen) atoms. The monoisotopic (exact) mass is 586 g/mol. The number of esters is 2. The SMILES string of the molecule is COC1CC2CC(OCCCC(OC(=O)C3CCC(Cl)CC3)CCN3CCCN(CCCOC2=O)CC3)C1OC. The highest BCUT2D eigenvalue weighted by atomic mass is 35.5. The Bertz CT molecular complexity index is 781. The van der Waals surface area contributed by atoms with E-state index in [1.54, 1.807) is 14.2 Å². The first-order chi connectivity index (χ1) is 19.5. The van der Waals surface area contributed by atoms with Gasteiger partial charge in [-0.2, -0.15) is 0 Å². The molecule has 9 nitrogen and oxygen atoms in total. The van der Waals surface area contributed by atoms with Gasteiger partial charge < -0.3 is 33.5 Å². The van der Waals surface area contributed by atoms with Crippen molar-refractivity contribution in [3.8, 4) is 0 Å². The van der Waals surface area contributed by atoms with E-state index in [0.717, 1.165) is 97.1 Å². The minimum Gasteiger partial charge on any atom is -0.465 e. The smallest absolute Gasteiger partial charge is 0.309 e. The molecule has 0 spiro atoms. The minimum atomic E-state index is -0.271. The van der Waals surface area contributed by atoms with E-state index in [1.165, 1.54) is 0 Å². The number of alkyl halides is 1. The molecule has 4 fully saturated rings. The third-order valence-corrected chi connectivity index (χ3v) is 9.70. The topological polar surface area (TPSA) is 86.8 Å². The Morgan fingerprint density at radius 3 is 2.27 bits per heavy atom. The number of ether oxygens (including phenoxy) is 5. The maximum Gasteiger partial charge on any atom is 0.309 e. The van der Waals surface area contributed by atoms with Crippen molar-refractivity contribution in [2.45, 2.75) is 100 Å². The lowest BCUT2D eigenvalue weighted by molar-refractivity contribution is -0.172. The second kappa shape index (κ2) is 16.6. The van der Waals surface area contributed by atoms with E-state index in [1.807, 2.05) is 0 Å². The standard InChI is InChI=1S/C30H51ClN2O7/c1-36-26-20-23-21-27(28(26)37-2)38-18-3-6-25(40-30(35)22-7-9-24(31)10-8-22)11-15-33-13-4-12-32(16-17-33)14-5-19-39-29(23)34/h22-28H,3-21H2,1-2H3. The van der Waals surface area contributed by atoms with Crippen LogP contribution in [-0.4, -0.2) is 118 Å². The predicted molar refractivity (Wildman–Crippen MR) is 152 cm³/mol. The van der Waals surface area contributed by atoms with E-state index in [2.05, 4.69) is 9.80 Å². The molecular weight excluding hydrogens is 536 g/mol. The van der Waals surface area contributed by atoms with Crippen LogP contribution in [-0.2, 0) is 33.3 Å². The van der Waals surface area contributed by atoms with Crippen molar-refractivity contribution in [3.63, 3.8) is 0 Å². The molecule has 7 unspecified atom stereocenters. The Morgan fingerprint density at radius 1 is 0.825 bits per heavy atom. The van der Waals surface area contributed by atoms with Gasteiger partial charge in [-0.05, 0) is 83.7 Å². The lowest BCUT2D eigenvalue weighted by Crippen LogP contribution is -2.49. The summed E-state index contributed by atoms with van der Waals surface area (Å²) >= 11 is 6.27. The third kappa shape index (κ3) is 9.53. The second-order valence-corrected chi connectivity index (χ2v) is 12.7. The number of hydrogen-bond donors (Lipinski definition) is 0. The first-order valence-electron chi connectivity index (χ1n) is 15.6. The molecule has 0 amide bonds. The summed E-state index contributed by atoms with van der Waals surface area (Å²) in [6, 6.07) is 0. The van der Waals surface area contributed by atoms with Crippen molar-refractivity contribution >= 4 is 23.5 Å². The number of cyclic esters (lactones) is 1. The van der Waals surface area contributed by atoms with Crippen LogP contribution >= 0.6 is 11.6 Å². The first kappa shape index (κ1) is 32.0. The van der Waals surface area contributed by atoms with E-state index in [0.29, 0.717) is 26.1 Å². The summed E-state index contributed by atoms with van der Waals surface area (Å²) in [5.41, 5.74) is 0. The molecule has 4 rings (SSSR count). The van der Waals surface area contributed by atoms with Crippen molar-refractivity contribution in [2.75, 3.05) is 66.7 Å². The Morgan fingerprint density at radius 2 is 1.55 bits per heavy atom. The van der Waals surface area contributed by atoms with Crippen LogP contribution in [0.2, 0.25) is 0 Å². The van der Waals surface area contributed by atoms with Gasteiger partial charge in [0.15, 0.2) is 0 Å². The molecule has 0 N–H and O–H groups in total. The summed E-state index contributed by atoms with van der Waals surface area (Å²) in [6.07, 6.45) is 7.93. The largest absolute Gasteiger partial charge is 0.465 e. The van der Waals surface area contributed by atoms with Gasteiger partial charge in [0.2, 0.25) is 0 Å². The highest BCUT2D eigenvalue weighted by molar-refractivity contribution is 6.20. The van der Waals surface area contributed by atoms with Gasteiger partial charge in [0, 0.05) is 52.4 Å². The molecule has 2 saturated heterocycles. The van der Waals surface area contributed by atoms with Gasteiger partial charge in [-0.3, -0.25) is 9.59 Å². The summed E-state index contributed by atoms with van der Waals surface area (Å²) in [5, 5.41) is 0.180. The fourth-order valence-corrected chi connectivity index (χ4v) is 7.04. The Labute approximate surface area is 245 Å². The lowest BCUT2D eigenvalue weighted by atomic mass is 9.83. The minimum absolute atomic E-state index is 0.0395. The number of rotatable bonds is 4. The maximum absolute atomic E-state index is 13.1. The Hall–Kier alpha value is -0.970. The highest BCUT2D eigenvalue weighted by Gasteiger charge is 2.42. The normalized spacial score (nSPS) is 39.2. The van der Waals surface area contributed by atoms with Crippen LogP contribution in [0.4, 0.5) is 0 Å². The molecule has 10 heteroatoms. The molecular formula is C30H51ClN2O7. The lowest BCUT2D eigenvalue weighted by Gasteiger charge is -2.39. The van der Waals surface area contributed by atoms with Gasteiger partial charge in [-0.25, -0.2) is 0 Å². The summed E-state index contributed by atoms with van der Waals surface area (Å²) in [7, 11) is 3.32. The third-order valence-electron chi connectivity index (χ3n) is 9.26. The number of hydrogen-bond acceptors (Lipinski definition) is 9. The van der Waals surface area contributed by atoms with E-state index >= 15 is 0 Å². The van der Waals surface area contributed by atoms with Crippen LogP contribution in [0.1, 0.15) is 70.6 Å². The number of nitrogens with zero attached hydrogens (tertiary/aromatic N) is 2. The van der Waals surface area contributed by atoms with E-state index < -0.39 is 0 Å². The zero-order valence-electron chi connectivity index (χ0n) is 24.6. The van der Waals surface area contributed by atoms with Crippen molar-refractivity contribution in [3.05, 3.63) is 0 Å². The molecule has 2 heterocycles. The van der Waals surface area contributed by atoms with Crippen molar-refractivity contribution < 1.29 is 33.3 Å². The van der Waals surface area contributed by atoms with E-state index in [9.17, 15) is 9.59 Å². The average Bonchev–Trinajstić information content (AvgIpc) is 3.20. The van der Waals surface area contributed by atoms with Crippen molar-refractivity contribution in [2.24, 2.45) is 11.8 Å². The van der Waals surface area contributed by atoms with Gasteiger partial charge in [0.05, 0.1) is 30.7 Å². The molecule has 4 aliphatic rings. The van der Waals surface area contributed by atoms with Crippen LogP contribution in [0, 0.1) is 11.8 Å². The number of halogens is 1. The zero-order chi connectivity index (χ0) is 28.3. The van der Waals surface area contributed by atoms with E-state index in [-0.39, 0.29) is 53.6 Å². The van der Waals surface area contributed by atoms with Gasteiger partial charge in [-0.1, -0.05) is 0 Å². The summed E-state index contributed by atoms with van der Waals surface area (Å²) < 4.78 is 29.7. The summed E-state index contributed by atoms with van der Waals surface area (Å²) in [5.74, 6) is -0.541. The zero-order valence-corrected chi connectivity index (χ0v) is 25.4. The number of carbonyl (C=O) groups is 2. The molecule has 7 atom stereocenters. The molecule has 0 aromatic heterocycles. The quantitative estimate of drug-likeness (QED) is 0.362. The fourth-order valence-electron chi connectivity index (χ4n) is 6.79. The summed E-state index contributed by atoms with van der Waals surface area (Å²) in [4.78, 5) is 31.0. The molecule has 0 aromatic rings. The van der Waals surface area contributed by atoms with E-state index in [4.69, 9.17) is 35.3 Å². The Kier molecular flexibility index (Phi) is 13.3. The Balaban J connectivity index is 1.41. The van der Waals surface area contributed by atoms with Crippen LogP contribution in [0.5, 0.6) is 0 Å². The number of carbonyl (C=O) groups excluding carboxylic acids is 2. The molecule has 0 aromatic carbocycles. The second-order valence-electron chi connectivity index (χ2n) is 12.0. The molecule has 0 radical (unpaired) electrons. The van der Waals surface area contributed by atoms with Crippen LogP contribution in [0.15, 0.2) is 0 Å². The molecule has 2 saturated carbocycles. The van der Waals surface area contributed by atoms with Gasteiger partial charge >= 0.3 is 11.9 Å². The maximum atomic E-state index is 13.1. The van der Waals surface area contributed by atoms with Gasteiger partial charge in [-0.15, -0.1) is 11.6 Å². The van der Waals surface area contributed by atoms with Gasteiger partial charge in [0.25, 0.3) is 0 Å². The van der Waals surface area contributed by atoms with Crippen molar-refractivity contribution in [1.29, 1.82) is 0 Å². The van der Waals surface area contributed by atoms with Crippen molar-refractivity contribution in [1.82, 2.24) is 9.80 Å². The molecule has 230 valence electrons. The fraction of sp³-hybridized carbons (Fsp3) is 0.933. The average molecular weight is 587 g/mol. The number of fused-ring (bicyclic) bond motifs is 5. The van der Waals surface area contributed by atoms with Crippen LogP contribution < -0.4 is 0 Å². The first-order valence-corrected chi connectivity index (χ1v) is 16.0.